The minimum Gasteiger partial charge on any atom is -0.369 e. The molecule has 0 radical (unpaired) electrons. The van der Waals surface area contributed by atoms with Crippen molar-refractivity contribution in [2.24, 2.45) is 6.98 Å². The summed E-state index contributed by atoms with van der Waals surface area (Å²) >= 11 is 0. The van der Waals surface area contributed by atoms with E-state index < -0.39 is 6.98 Å². The van der Waals surface area contributed by atoms with E-state index in [1.807, 2.05) is 26.8 Å². The van der Waals surface area contributed by atoms with E-state index in [1.165, 1.54) is 0 Å². The van der Waals surface area contributed by atoms with Gasteiger partial charge < -0.3 is 10.3 Å². The van der Waals surface area contributed by atoms with Crippen molar-refractivity contribution < 1.29 is 4.11 Å². The van der Waals surface area contributed by atoms with E-state index in [0.29, 0.717) is 22.1 Å². The number of nitrogen functional groups attached to an aromatic ring is 1. The largest absolute Gasteiger partial charge is 0.369 e. The second-order valence-corrected chi connectivity index (χ2v) is 4.46. The molecule has 0 aliphatic carbocycles. The summed E-state index contributed by atoms with van der Waals surface area (Å²) in [5, 5.41) is 0. The van der Waals surface area contributed by atoms with Crippen LogP contribution in [0.2, 0.25) is 0 Å². The molecule has 0 fully saturated rings. The SMILES string of the molecule is [2H]C([2H])([2H])n1c(N)nc2c3nc(C)c(C)nc3cc(C)c21. The summed E-state index contributed by atoms with van der Waals surface area (Å²) in [7, 11) is 0. The maximum atomic E-state index is 7.63. The minimum absolute atomic E-state index is 0.0411. The Morgan fingerprint density at radius 3 is 2.56 bits per heavy atom. The summed E-state index contributed by atoms with van der Waals surface area (Å²) in [5.74, 6) is -0.0411. The van der Waals surface area contributed by atoms with Crippen LogP contribution in [0.15, 0.2) is 6.07 Å². The molecule has 0 saturated heterocycles. The molecule has 1 aromatic carbocycles. The average molecular weight is 244 g/mol. The number of fused-ring (bicyclic) bond motifs is 3. The van der Waals surface area contributed by atoms with Gasteiger partial charge in [-0.1, -0.05) is 0 Å². The maximum Gasteiger partial charge on any atom is 0.201 e. The first-order valence-electron chi connectivity index (χ1n) is 7.13. The van der Waals surface area contributed by atoms with Gasteiger partial charge in [0.1, 0.15) is 11.0 Å². The van der Waals surface area contributed by atoms with E-state index in [0.717, 1.165) is 21.5 Å². The highest BCUT2D eigenvalue weighted by atomic mass is 15.1. The molecule has 2 aromatic heterocycles. The summed E-state index contributed by atoms with van der Waals surface area (Å²) in [6.07, 6.45) is 0. The molecule has 0 saturated carbocycles. The molecule has 5 heteroatoms. The Morgan fingerprint density at radius 1 is 1.11 bits per heavy atom. The molecule has 0 atom stereocenters. The lowest BCUT2D eigenvalue weighted by Crippen LogP contribution is -1.98. The third-order valence-corrected chi connectivity index (χ3v) is 3.19. The van der Waals surface area contributed by atoms with Crippen molar-refractivity contribution in [2.45, 2.75) is 20.8 Å². The van der Waals surface area contributed by atoms with Crippen molar-refractivity contribution in [1.29, 1.82) is 0 Å². The highest BCUT2D eigenvalue weighted by molar-refractivity contribution is 6.02. The number of aromatic nitrogens is 4. The molecule has 0 aliphatic rings. The van der Waals surface area contributed by atoms with Crippen LogP contribution < -0.4 is 5.73 Å². The van der Waals surface area contributed by atoms with E-state index in [-0.39, 0.29) is 5.95 Å². The number of imidazole rings is 1. The number of nitrogens with zero attached hydrogens (tertiary/aromatic N) is 4. The summed E-state index contributed by atoms with van der Waals surface area (Å²) in [4.78, 5) is 13.2. The zero-order valence-electron chi connectivity index (χ0n) is 13.4. The van der Waals surface area contributed by atoms with Crippen LogP contribution >= 0.6 is 0 Å². The molecule has 2 N–H and O–H groups in total. The number of aryl methyl sites for hydroxylation is 4. The van der Waals surface area contributed by atoms with Crippen LogP contribution in [0.1, 0.15) is 21.1 Å². The molecule has 2 heterocycles. The van der Waals surface area contributed by atoms with Crippen molar-refractivity contribution in [3.8, 4) is 0 Å². The average Bonchev–Trinajstić information content (AvgIpc) is 2.70. The van der Waals surface area contributed by atoms with Crippen LogP contribution in [0.4, 0.5) is 5.95 Å². The topological polar surface area (TPSA) is 69.6 Å². The van der Waals surface area contributed by atoms with Crippen LogP contribution in [0.5, 0.6) is 0 Å². The molecule has 0 amide bonds. The van der Waals surface area contributed by atoms with Gasteiger partial charge in [0.25, 0.3) is 0 Å². The first-order chi connectivity index (χ1) is 9.70. The molecule has 0 spiro atoms. The fraction of sp³-hybridized carbons (Fsp3) is 0.308. The van der Waals surface area contributed by atoms with Crippen molar-refractivity contribution in [1.82, 2.24) is 19.5 Å². The number of anilines is 1. The van der Waals surface area contributed by atoms with Crippen molar-refractivity contribution in [3.05, 3.63) is 23.0 Å². The molecule has 5 nitrogen and oxygen atoms in total. The van der Waals surface area contributed by atoms with E-state index in [4.69, 9.17) is 9.85 Å². The Hall–Kier alpha value is -2.17. The van der Waals surface area contributed by atoms with E-state index in [1.54, 1.807) is 0 Å². The predicted molar refractivity (Wildman–Crippen MR) is 72.4 cm³/mol. The standard InChI is InChI=1S/C13H15N5/c1-6-5-9-10(16-8(3)7(2)15-9)11-12(6)18(4)13(14)17-11/h5H,1-4H3,(H2,14,17)/i4D3. The van der Waals surface area contributed by atoms with Gasteiger partial charge in [0.2, 0.25) is 5.95 Å². The number of benzene rings is 1. The molecule has 0 bridgehead atoms. The first-order valence-corrected chi connectivity index (χ1v) is 5.63. The number of rotatable bonds is 0. The van der Waals surface area contributed by atoms with Crippen molar-refractivity contribution in [3.63, 3.8) is 0 Å². The van der Waals surface area contributed by atoms with Crippen LogP contribution in [0.3, 0.4) is 0 Å². The molecule has 3 rings (SSSR count). The Balaban J connectivity index is 2.55. The quantitative estimate of drug-likeness (QED) is 0.657. The Kier molecular flexibility index (Phi) is 1.52. The van der Waals surface area contributed by atoms with Gasteiger partial charge in [-0.15, -0.1) is 0 Å². The lowest BCUT2D eigenvalue weighted by Gasteiger charge is -2.06. The second kappa shape index (κ2) is 3.41. The predicted octanol–water partition coefficient (Wildman–Crippen LogP) is 2.02. The smallest absolute Gasteiger partial charge is 0.201 e. The lowest BCUT2D eigenvalue weighted by atomic mass is 10.1. The number of hydrogen-bond donors (Lipinski definition) is 1. The molecule has 0 unspecified atom stereocenters. The van der Waals surface area contributed by atoms with Gasteiger partial charge >= 0.3 is 0 Å². The third kappa shape index (κ3) is 1.30. The molecular formula is C13H15N5. The highest BCUT2D eigenvalue weighted by Gasteiger charge is 2.14. The van der Waals surface area contributed by atoms with E-state index in [2.05, 4.69) is 15.0 Å². The monoisotopic (exact) mass is 244 g/mol. The summed E-state index contributed by atoms with van der Waals surface area (Å²) in [6, 6.07) is 1.82. The highest BCUT2D eigenvalue weighted by Crippen LogP contribution is 2.27. The Bertz CT molecular complexity index is 879. The fourth-order valence-electron chi connectivity index (χ4n) is 2.13. The van der Waals surface area contributed by atoms with Crippen LogP contribution in [-0.4, -0.2) is 19.5 Å². The summed E-state index contributed by atoms with van der Waals surface area (Å²) in [6.45, 7) is 3.18. The van der Waals surface area contributed by atoms with E-state index >= 15 is 0 Å². The minimum atomic E-state index is -2.38. The van der Waals surface area contributed by atoms with Gasteiger partial charge in [0.05, 0.1) is 22.4 Å². The van der Waals surface area contributed by atoms with Crippen LogP contribution in [0, 0.1) is 20.8 Å². The zero-order valence-corrected chi connectivity index (χ0v) is 10.4. The Morgan fingerprint density at radius 2 is 1.83 bits per heavy atom. The van der Waals surface area contributed by atoms with Gasteiger partial charge in [-0.2, -0.15) is 0 Å². The summed E-state index contributed by atoms with van der Waals surface area (Å²) < 4.78 is 24.0. The molecule has 18 heavy (non-hydrogen) atoms. The first kappa shape index (κ1) is 8.02. The normalized spacial score (nSPS) is 14.7. The third-order valence-electron chi connectivity index (χ3n) is 3.19. The van der Waals surface area contributed by atoms with Crippen LogP contribution in [-0.2, 0) is 6.98 Å². The number of hydrogen-bond acceptors (Lipinski definition) is 4. The maximum absolute atomic E-state index is 7.63. The van der Waals surface area contributed by atoms with Gasteiger partial charge in [-0.25, -0.2) is 15.0 Å². The fourth-order valence-corrected chi connectivity index (χ4v) is 2.13. The molecule has 3 aromatic rings. The zero-order chi connectivity index (χ0) is 15.5. The van der Waals surface area contributed by atoms with Crippen molar-refractivity contribution in [2.75, 3.05) is 5.73 Å². The van der Waals surface area contributed by atoms with Gasteiger partial charge in [0.15, 0.2) is 0 Å². The molecule has 0 aliphatic heterocycles. The summed E-state index contributed by atoms with van der Waals surface area (Å²) in [5.41, 5.74) is 10.4. The van der Waals surface area contributed by atoms with Crippen molar-refractivity contribution >= 4 is 28.0 Å². The Labute approximate surface area is 109 Å². The van der Waals surface area contributed by atoms with Crippen LogP contribution in [0.25, 0.3) is 22.1 Å². The van der Waals surface area contributed by atoms with E-state index in [9.17, 15) is 0 Å². The lowest BCUT2D eigenvalue weighted by molar-refractivity contribution is 0.961. The van der Waals surface area contributed by atoms with Gasteiger partial charge in [-0.3, -0.25) is 0 Å². The molecular weight excluding hydrogens is 226 g/mol. The molecule has 92 valence electrons. The second-order valence-electron chi connectivity index (χ2n) is 4.46. The number of nitrogens with two attached hydrogens (primary N) is 1. The van der Waals surface area contributed by atoms with Gasteiger partial charge in [0, 0.05) is 11.1 Å². The van der Waals surface area contributed by atoms with Gasteiger partial charge in [-0.05, 0) is 32.4 Å².